The lowest BCUT2D eigenvalue weighted by Gasteiger charge is -2.19. The summed E-state index contributed by atoms with van der Waals surface area (Å²) >= 11 is 1.14. The molecule has 0 aliphatic heterocycles. The quantitative estimate of drug-likeness (QED) is 0.217. The lowest BCUT2D eigenvalue weighted by molar-refractivity contribution is -0.137. The molecule has 0 saturated carbocycles. The summed E-state index contributed by atoms with van der Waals surface area (Å²) in [6.07, 6.45) is -1.20. The van der Waals surface area contributed by atoms with E-state index in [9.17, 15) is 26.4 Å². The van der Waals surface area contributed by atoms with Crippen LogP contribution in [0.15, 0.2) is 66.7 Å². The first-order valence-corrected chi connectivity index (χ1v) is 14.5. The van der Waals surface area contributed by atoms with E-state index in [1.807, 2.05) is 24.3 Å². The number of ether oxygens (including phenoxy) is 1. The Kier molecular flexibility index (Phi) is 7.82. The second-order valence-corrected chi connectivity index (χ2v) is 13.2. The third-order valence-corrected chi connectivity index (χ3v) is 8.87. The van der Waals surface area contributed by atoms with Crippen LogP contribution >= 0.6 is 11.3 Å². The molecule has 2 aromatic heterocycles. The van der Waals surface area contributed by atoms with E-state index in [0.29, 0.717) is 15.4 Å². The van der Waals surface area contributed by atoms with Gasteiger partial charge in [-0.05, 0) is 52.9 Å². The summed E-state index contributed by atoms with van der Waals surface area (Å²) in [7, 11) is -2.74. The topological polar surface area (TPSA) is 65.4 Å². The summed E-state index contributed by atoms with van der Waals surface area (Å²) in [4.78, 5) is 12.9. The van der Waals surface area contributed by atoms with Crippen LogP contribution in [-0.2, 0) is 32.8 Å². The normalized spacial score (nSPS) is 12.9. The van der Waals surface area contributed by atoms with Crippen molar-refractivity contribution in [2.24, 2.45) is 0 Å². The summed E-state index contributed by atoms with van der Waals surface area (Å²) < 4.78 is 73.1. The van der Waals surface area contributed by atoms with Crippen LogP contribution in [0.2, 0.25) is 0 Å². The Labute approximate surface area is 229 Å². The average molecular weight is 576 g/mol. The van der Waals surface area contributed by atoms with Gasteiger partial charge in [0.1, 0.15) is 4.88 Å². The Balaban J connectivity index is 1.73. The molecule has 0 fully saturated rings. The Hall–Kier alpha value is -3.37. The molecule has 2 aromatic carbocycles. The number of carbonyl (C=O) groups is 1. The molecule has 0 aliphatic rings. The molecule has 0 bridgehead atoms. The number of esters is 1. The van der Waals surface area contributed by atoms with Gasteiger partial charge < -0.3 is 4.74 Å². The van der Waals surface area contributed by atoms with Crippen molar-refractivity contribution in [3.63, 3.8) is 0 Å². The van der Waals surface area contributed by atoms with Crippen LogP contribution in [0.25, 0.3) is 17.0 Å². The van der Waals surface area contributed by atoms with Gasteiger partial charge >= 0.3 is 12.1 Å². The van der Waals surface area contributed by atoms with Crippen molar-refractivity contribution >= 4 is 44.3 Å². The molecule has 0 spiro atoms. The third kappa shape index (κ3) is 6.45. The summed E-state index contributed by atoms with van der Waals surface area (Å²) in [6.45, 7) is 6.26. The molecular formula is C29H28F3NO4S2. The van der Waals surface area contributed by atoms with Crippen molar-refractivity contribution in [3.05, 3.63) is 98.9 Å². The average Bonchev–Trinajstić information content (AvgIpc) is 3.47. The molecule has 0 saturated heterocycles. The largest absolute Gasteiger partial charge is 0.465 e. The highest BCUT2D eigenvalue weighted by molar-refractivity contribution is 7.90. The Bertz CT molecular complexity index is 1660. The number of hydrogen-bond acceptors (Lipinski definition) is 5. The number of carbonyl (C=O) groups excluding carboxylic acids is 1. The Morgan fingerprint density at radius 1 is 1.00 bits per heavy atom. The van der Waals surface area contributed by atoms with Gasteiger partial charge in [0.05, 0.1) is 23.9 Å². The van der Waals surface area contributed by atoms with Crippen LogP contribution in [0.5, 0.6) is 0 Å². The van der Waals surface area contributed by atoms with Crippen molar-refractivity contribution in [1.82, 2.24) is 3.97 Å². The Morgan fingerprint density at radius 3 is 2.41 bits per heavy atom. The van der Waals surface area contributed by atoms with Gasteiger partial charge in [0.2, 0.25) is 10.0 Å². The van der Waals surface area contributed by atoms with Crippen molar-refractivity contribution in [2.75, 3.05) is 12.9 Å². The first-order valence-electron chi connectivity index (χ1n) is 12.1. The molecule has 0 aliphatic carbocycles. The number of halogens is 3. The van der Waals surface area contributed by atoms with Gasteiger partial charge in [0.15, 0.2) is 0 Å². The van der Waals surface area contributed by atoms with E-state index >= 15 is 0 Å². The minimum Gasteiger partial charge on any atom is -0.465 e. The summed E-state index contributed by atoms with van der Waals surface area (Å²) in [5.74, 6) is -0.877. The molecule has 10 heteroatoms. The predicted octanol–water partition coefficient (Wildman–Crippen LogP) is 7.29. The highest BCUT2D eigenvalue weighted by Crippen LogP contribution is 2.34. The van der Waals surface area contributed by atoms with Gasteiger partial charge in [0, 0.05) is 22.4 Å². The maximum atomic E-state index is 13.6. The fourth-order valence-corrected chi connectivity index (χ4v) is 6.60. The molecular weight excluding hydrogens is 547 g/mol. The first kappa shape index (κ1) is 28.6. The number of hydrogen-bond donors (Lipinski definition) is 0. The predicted molar refractivity (Wildman–Crippen MR) is 149 cm³/mol. The lowest BCUT2D eigenvalue weighted by atomic mass is 9.86. The number of methoxy groups -OCH3 is 1. The molecule has 206 valence electrons. The van der Waals surface area contributed by atoms with Gasteiger partial charge in [-0.2, -0.15) is 13.2 Å². The van der Waals surface area contributed by atoms with E-state index in [2.05, 4.69) is 20.8 Å². The van der Waals surface area contributed by atoms with Crippen LogP contribution in [0, 0.1) is 0 Å². The smallest absolute Gasteiger partial charge is 0.416 e. The number of thiophene rings is 1. The lowest BCUT2D eigenvalue weighted by Crippen LogP contribution is -2.18. The number of alkyl halides is 3. The van der Waals surface area contributed by atoms with Crippen LogP contribution in [-0.4, -0.2) is 31.2 Å². The maximum absolute atomic E-state index is 13.6. The van der Waals surface area contributed by atoms with Crippen LogP contribution in [0.1, 0.15) is 57.7 Å². The first-order chi connectivity index (χ1) is 18.2. The van der Waals surface area contributed by atoms with E-state index in [-0.39, 0.29) is 28.5 Å². The van der Waals surface area contributed by atoms with Gasteiger partial charge in [-0.25, -0.2) is 17.2 Å². The SMILES string of the molecule is COC(=O)c1ccc(Cc2cc3cc(C(F)(F)F)ccc3n2S(=O)(=O)CC=Cc2cccc(C(C)(C)C)c2)s1. The maximum Gasteiger partial charge on any atom is 0.416 e. The van der Waals surface area contributed by atoms with Gasteiger partial charge in [-0.15, -0.1) is 11.3 Å². The summed E-state index contributed by atoms with van der Waals surface area (Å²) in [5.41, 5.74) is 1.47. The molecule has 4 aromatic rings. The molecule has 0 radical (unpaired) electrons. The monoisotopic (exact) mass is 575 g/mol. The molecule has 2 heterocycles. The van der Waals surface area contributed by atoms with Gasteiger partial charge in [0.25, 0.3) is 0 Å². The van der Waals surface area contributed by atoms with Crippen molar-refractivity contribution in [2.45, 2.75) is 38.8 Å². The summed E-state index contributed by atoms with van der Waals surface area (Å²) in [6, 6.07) is 15.5. The molecule has 0 unspecified atom stereocenters. The van der Waals surface area contributed by atoms with E-state index in [4.69, 9.17) is 4.74 Å². The van der Waals surface area contributed by atoms with Crippen LogP contribution in [0.3, 0.4) is 0 Å². The van der Waals surface area contributed by atoms with E-state index in [0.717, 1.165) is 38.6 Å². The third-order valence-electron chi connectivity index (χ3n) is 6.21. The van der Waals surface area contributed by atoms with Crippen molar-refractivity contribution < 1.29 is 31.1 Å². The second-order valence-electron chi connectivity index (χ2n) is 10.2. The van der Waals surface area contributed by atoms with E-state index in [1.165, 1.54) is 25.3 Å². The highest BCUT2D eigenvalue weighted by atomic mass is 32.2. The fourth-order valence-electron chi connectivity index (χ4n) is 4.23. The number of rotatable bonds is 7. The molecule has 0 amide bonds. The summed E-state index contributed by atoms with van der Waals surface area (Å²) in [5, 5.41) is 0.162. The zero-order valence-electron chi connectivity index (χ0n) is 21.9. The molecule has 0 atom stereocenters. The van der Waals surface area contributed by atoms with Crippen LogP contribution in [0.4, 0.5) is 13.2 Å². The van der Waals surface area contributed by atoms with Gasteiger partial charge in [-0.1, -0.05) is 57.2 Å². The van der Waals surface area contributed by atoms with E-state index < -0.39 is 27.7 Å². The minimum atomic E-state index is -4.57. The minimum absolute atomic E-state index is 0.0698. The molecule has 39 heavy (non-hydrogen) atoms. The number of fused-ring (bicyclic) bond motifs is 1. The molecule has 4 rings (SSSR count). The van der Waals surface area contributed by atoms with Crippen LogP contribution < -0.4 is 0 Å². The molecule has 5 nitrogen and oxygen atoms in total. The number of aromatic nitrogens is 1. The zero-order chi connectivity index (χ0) is 28.6. The number of benzene rings is 2. The fraction of sp³-hybridized carbons (Fsp3) is 0.276. The standard InChI is InChI=1S/C29H28F3NO4S2/c1-28(2,3)21-9-5-7-19(15-21)8-6-14-39(35,36)33-23(18-24-11-13-26(38-24)27(34)37-4)17-20-16-22(29(30,31)32)10-12-25(20)33/h5-13,15-17H,14,18H2,1-4H3. The second kappa shape index (κ2) is 10.7. The zero-order valence-corrected chi connectivity index (χ0v) is 23.5. The number of nitrogens with zero attached hydrogens (tertiary/aromatic N) is 1. The van der Waals surface area contributed by atoms with Crippen molar-refractivity contribution in [3.8, 4) is 0 Å². The molecule has 0 N–H and O–H groups in total. The van der Waals surface area contributed by atoms with Crippen molar-refractivity contribution in [1.29, 1.82) is 0 Å². The van der Waals surface area contributed by atoms with Gasteiger partial charge in [-0.3, -0.25) is 0 Å². The highest BCUT2D eigenvalue weighted by Gasteiger charge is 2.31. The Morgan fingerprint density at radius 2 is 1.74 bits per heavy atom. The van der Waals surface area contributed by atoms with E-state index in [1.54, 1.807) is 18.2 Å².